The Bertz CT molecular complexity index is 1200. The SMILES string of the molecule is CC1CCN(S(=O)(=O)c2cccc(C(=O)NCCOc3ccc(S(=O)(=O)N(C)C)cc3)c2)CC1. The monoisotopic (exact) mass is 509 g/mol. The molecular formula is C23H31N3O6S2. The standard InChI is InChI=1S/C23H31N3O6S2/c1-18-11-14-26(15-12-18)34(30,31)22-6-4-5-19(17-22)23(27)24-13-16-32-20-7-9-21(10-8-20)33(28,29)25(2)3/h4-10,17-18H,11-16H2,1-3H3,(H,24,27). The van der Waals surface area contributed by atoms with Gasteiger partial charge in [0.15, 0.2) is 0 Å². The number of benzene rings is 2. The molecule has 34 heavy (non-hydrogen) atoms. The second-order valence-electron chi connectivity index (χ2n) is 8.48. The smallest absolute Gasteiger partial charge is 0.251 e. The van der Waals surface area contributed by atoms with Gasteiger partial charge in [-0.1, -0.05) is 13.0 Å². The third kappa shape index (κ3) is 6.15. The zero-order valence-corrected chi connectivity index (χ0v) is 21.2. The third-order valence-corrected chi connectivity index (χ3v) is 9.46. The zero-order chi connectivity index (χ0) is 24.9. The second kappa shape index (κ2) is 10.9. The largest absolute Gasteiger partial charge is 0.492 e. The molecule has 0 radical (unpaired) electrons. The number of hydrogen-bond donors (Lipinski definition) is 1. The van der Waals surface area contributed by atoms with E-state index in [0.717, 1.165) is 17.1 Å². The lowest BCUT2D eigenvalue weighted by atomic mass is 10.0. The molecule has 1 heterocycles. The van der Waals surface area contributed by atoms with Gasteiger partial charge in [-0.3, -0.25) is 4.79 Å². The highest BCUT2D eigenvalue weighted by atomic mass is 32.2. The fourth-order valence-corrected chi connectivity index (χ4v) is 5.94. The van der Waals surface area contributed by atoms with Crippen molar-refractivity contribution in [2.45, 2.75) is 29.6 Å². The number of amides is 1. The Labute approximate surface area is 201 Å². The maximum atomic E-state index is 12.9. The minimum absolute atomic E-state index is 0.110. The van der Waals surface area contributed by atoms with Gasteiger partial charge in [0.25, 0.3) is 5.91 Å². The molecule has 2 aromatic rings. The summed E-state index contributed by atoms with van der Waals surface area (Å²) in [6, 6.07) is 12.0. The van der Waals surface area contributed by atoms with Gasteiger partial charge in [-0.05, 0) is 61.2 Å². The van der Waals surface area contributed by atoms with Gasteiger partial charge >= 0.3 is 0 Å². The van der Waals surface area contributed by atoms with Gasteiger partial charge in [0.05, 0.1) is 16.3 Å². The summed E-state index contributed by atoms with van der Waals surface area (Å²) < 4.78 is 58.3. The Morgan fingerprint density at radius 3 is 2.29 bits per heavy atom. The van der Waals surface area contributed by atoms with E-state index in [9.17, 15) is 21.6 Å². The van der Waals surface area contributed by atoms with Gasteiger partial charge < -0.3 is 10.1 Å². The predicted octanol–water partition coefficient (Wildman–Crippen LogP) is 2.17. The molecule has 1 amide bonds. The van der Waals surface area contributed by atoms with Crippen LogP contribution < -0.4 is 10.1 Å². The zero-order valence-electron chi connectivity index (χ0n) is 19.6. The minimum Gasteiger partial charge on any atom is -0.492 e. The van der Waals surface area contributed by atoms with E-state index in [0.29, 0.717) is 24.8 Å². The van der Waals surface area contributed by atoms with Crippen LogP contribution in [-0.2, 0) is 20.0 Å². The number of rotatable bonds is 9. The van der Waals surface area contributed by atoms with Gasteiger partial charge in [-0.2, -0.15) is 4.31 Å². The maximum absolute atomic E-state index is 12.9. The van der Waals surface area contributed by atoms with Gasteiger partial charge in [-0.25, -0.2) is 21.1 Å². The fourth-order valence-electron chi connectivity index (χ4n) is 3.53. The first-order chi connectivity index (χ1) is 16.0. The average Bonchev–Trinajstić information content (AvgIpc) is 2.82. The highest BCUT2D eigenvalue weighted by Crippen LogP contribution is 2.24. The number of nitrogens with one attached hydrogen (secondary N) is 1. The van der Waals surface area contributed by atoms with Crippen LogP contribution in [0.2, 0.25) is 0 Å². The van der Waals surface area contributed by atoms with Gasteiger partial charge in [0, 0.05) is 32.7 Å². The van der Waals surface area contributed by atoms with E-state index in [1.807, 2.05) is 0 Å². The van der Waals surface area contributed by atoms with Gasteiger partial charge in [0.2, 0.25) is 20.0 Å². The molecule has 0 unspecified atom stereocenters. The van der Waals surface area contributed by atoms with Gasteiger partial charge in [0.1, 0.15) is 12.4 Å². The number of carbonyl (C=O) groups excluding carboxylic acids is 1. The molecular weight excluding hydrogens is 478 g/mol. The number of nitrogens with zero attached hydrogens (tertiary/aromatic N) is 2. The lowest BCUT2D eigenvalue weighted by molar-refractivity contribution is 0.0946. The quantitative estimate of drug-likeness (QED) is 0.519. The van der Waals surface area contributed by atoms with Crippen LogP contribution in [-0.4, -0.2) is 71.7 Å². The normalized spacial score (nSPS) is 15.9. The number of carbonyl (C=O) groups is 1. The molecule has 3 rings (SSSR count). The molecule has 186 valence electrons. The Morgan fingerprint density at radius 1 is 1.03 bits per heavy atom. The molecule has 9 nitrogen and oxygen atoms in total. The Kier molecular flexibility index (Phi) is 8.34. The van der Waals surface area contributed by atoms with Crippen LogP contribution in [0, 0.1) is 5.92 Å². The van der Waals surface area contributed by atoms with E-state index in [-0.39, 0.29) is 28.5 Å². The highest BCUT2D eigenvalue weighted by Gasteiger charge is 2.28. The van der Waals surface area contributed by atoms with Crippen molar-refractivity contribution in [3.63, 3.8) is 0 Å². The van der Waals surface area contributed by atoms with Crippen LogP contribution in [0.15, 0.2) is 58.3 Å². The van der Waals surface area contributed by atoms with Gasteiger partial charge in [-0.15, -0.1) is 0 Å². The number of piperidine rings is 1. The summed E-state index contributed by atoms with van der Waals surface area (Å²) in [4.78, 5) is 12.8. The molecule has 1 fully saturated rings. The summed E-state index contributed by atoms with van der Waals surface area (Å²) in [6.45, 7) is 3.44. The van der Waals surface area contributed by atoms with E-state index in [1.165, 1.54) is 42.7 Å². The maximum Gasteiger partial charge on any atom is 0.251 e. The van der Waals surface area contributed by atoms with Crippen molar-refractivity contribution in [1.82, 2.24) is 13.9 Å². The summed E-state index contributed by atoms with van der Waals surface area (Å²) in [6.07, 6.45) is 1.65. The van der Waals surface area contributed by atoms with Crippen molar-refractivity contribution in [2.75, 3.05) is 40.3 Å². The van der Waals surface area contributed by atoms with Crippen LogP contribution in [0.1, 0.15) is 30.1 Å². The first kappa shape index (κ1) is 26.1. The molecule has 1 saturated heterocycles. The molecule has 0 spiro atoms. The molecule has 1 aliphatic rings. The first-order valence-corrected chi connectivity index (χ1v) is 13.9. The van der Waals surface area contributed by atoms with Crippen molar-refractivity contribution >= 4 is 26.0 Å². The molecule has 2 aromatic carbocycles. The number of sulfonamides is 2. The molecule has 11 heteroatoms. The molecule has 0 bridgehead atoms. The molecule has 0 aromatic heterocycles. The molecule has 0 aliphatic carbocycles. The molecule has 1 N–H and O–H groups in total. The van der Waals surface area contributed by atoms with E-state index in [4.69, 9.17) is 4.74 Å². The van der Waals surface area contributed by atoms with Crippen molar-refractivity contribution in [3.05, 3.63) is 54.1 Å². The Hall–Kier alpha value is -2.47. The van der Waals surface area contributed by atoms with Crippen LogP contribution in [0.25, 0.3) is 0 Å². The fraction of sp³-hybridized carbons (Fsp3) is 0.435. The van der Waals surface area contributed by atoms with Crippen LogP contribution >= 0.6 is 0 Å². The third-order valence-electron chi connectivity index (χ3n) is 5.74. The molecule has 0 atom stereocenters. The number of hydrogen-bond acceptors (Lipinski definition) is 6. The average molecular weight is 510 g/mol. The molecule has 0 saturated carbocycles. The number of ether oxygens (including phenoxy) is 1. The lowest BCUT2D eigenvalue weighted by Gasteiger charge is -2.29. The minimum atomic E-state index is -3.64. The Balaban J connectivity index is 1.54. The topological polar surface area (TPSA) is 113 Å². The van der Waals surface area contributed by atoms with Crippen molar-refractivity contribution in [3.8, 4) is 5.75 Å². The van der Waals surface area contributed by atoms with E-state index < -0.39 is 26.0 Å². The summed E-state index contributed by atoms with van der Waals surface area (Å²) in [5.74, 6) is 0.575. The van der Waals surface area contributed by atoms with Crippen LogP contribution in [0.4, 0.5) is 0 Å². The van der Waals surface area contributed by atoms with Crippen LogP contribution in [0.3, 0.4) is 0 Å². The first-order valence-electron chi connectivity index (χ1n) is 11.1. The lowest BCUT2D eigenvalue weighted by Crippen LogP contribution is -2.38. The van der Waals surface area contributed by atoms with E-state index >= 15 is 0 Å². The second-order valence-corrected chi connectivity index (χ2v) is 12.6. The predicted molar refractivity (Wildman–Crippen MR) is 129 cm³/mol. The molecule has 1 aliphatic heterocycles. The highest BCUT2D eigenvalue weighted by molar-refractivity contribution is 7.89. The summed E-state index contributed by atoms with van der Waals surface area (Å²) >= 11 is 0. The van der Waals surface area contributed by atoms with E-state index in [1.54, 1.807) is 24.3 Å². The Morgan fingerprint density at radius 2 is 1.68 bits per heavy atom. The summed E-state index contributed by atoms with van der Waals surface area (Å²) in [5, 5.41) is 2.71. The van der Waals surface area contributed by atoms with Crippen molar-refractivity contribution in [2.24, 2.45) is 5.92 Å². The van der Waals surface area contributed by atoms with Crippen molar-refractivity contribution in [1.29, 1.82) is 0 Å². The van der Waals surface area contributed by atoms with Crippen LogP contribution in [0.5, 0.6) is 5.75 Å². The van der Waals surface area contributed by atoms with Crippen molar-refractivity contribution < 1.29 is 26.4 Å². The summed E-state index contributed by atoms with van der Waals surface area (Å²) in [5.41, 5.74) is 0.254. The van der Waals surface area contributed by atoms with E-state index in [2.05, 4.69) is 12.2 Å². The summed E-state index contributed by atoms with van der Waals surface area (Å²) in [7, 11) is -4.23.